The molecule has 76 heavy (non-hydrogen) atoms. The Morgan fingerprint density at radius 1 is 0.447 bits per heavy atom. The molecular weight excluding hydrogens is 1250 g/mol. The number of hydrogen-bond donors (Lipinski definition) is 5. The van der Waals surface area contributed by atoms with Crippen LogP contribution in [0.2, 0.25) is 0 Å². The monoisotopic (exact) mass is 1330 g/mol. The van der Waals surface area contributed by atoms with Gasteiger partial charge in [0.15, 0.2) is 0 Å². The smallest absolute Gasteiger partial charge is 0.407 e. The predicted octanol–water partition coefficient (Wildman–Crippen LogP) is -2.53. The summed E-state index contributed by atoms with van der Waals surface area (Å²) >= 11 is 0. The second kappa shape index (κ2) is 40.4. The summed E-state index contributed by atoms with van der Waals surface area (Å²) in [6, 6.07) is -1.21. The number of rotatable bonds is 40. The standard InChI is InChI=1S/C47H85N10O18.Fm/c1-46(2,3)74-44(66)50-14-12-13-36(52-38(60)31-54(8)40(62)32-55(9)39(61)29-48-35-58)43(65)57(11)34-42(64)56(10)33-41(63)53(7)30-37(59)49-15-17-68-19-21-70-23-25-72-27-28-73-26-24-71-22-20-69-18-16-51-45(67)75-47(4,5)6;/h36H,12-34H2,1-11H3,(H,48,58)(H,49,59)(H,50,66)(H,51,67)(H,52,60);/q-1;. The van der Waals surface area contributed by atoms with Crippen LogP contribution >= 0.6 is 0 Å². The fraction of sp³-hybridized carbons (Fsp3) is 0.787. The third-order valence-electron chi connectivity index (χ3n) is 9.58. The number of nitrogens with one attached hydrogen (secondary N) is 5. The van der Waals surface area contributed by atoms with Crippen molar-refractivity contribution < 1.29 is 85.8 Å². The third-order valence-corrected chi connectivity index (χ3v) is 9.58. The van der Waals surface area contributed by atoms with Gasteiger partial charge in [0, 0.05) is 54.9 Å². The molecule has 0 saturated heterocycles. The molecule has 10 amide bonds. The molecule has 1 unspecified atom stereocenters. The second-order valence-corrected chi connectivity index (χ2v) is 18.8. The summed E-state index contributed by atoms with van der Waals surface area (Å²) in [7, 11) is 6.74. The van der Waals surface area contributed by atoms with Crippen LogP contribution in [0.15, 0.2) is 0 Å². The van der Waals surface area contributed by atoms with E-state index in [1.807, 2.05) is 0 Å². The zero-order valence-electron chi connectivity index (χ0n) is 46.2. The number of carbonyl (C=O) groups is 9. The largest absolute Gasteiger partial charge is 0.522 e. The van der Waals surface area contributed by atoms with Crippen LogP contribution in [-0.2, 0) is 76.3 Å². The van der Waals surface area contributed by atoms with Gasteiger partial charge in [-0.15, -0.1) is 0 Å². The molecule has 0 aromatic rings. The Morgan fingerprint density at radius 2 is 0.789 bits per heavy atom. The number of nitrogens with zero attached hydrogens (tertiary/aromatic N) is 5. The summed E-state index contributed by atoms with van der Waals surface area (Å²) in [5.74, 6) is -4.23. The zero-order chi connectivity index (χ0) is 56.8. The van der Waals surface area contributed by atoms with E-state index in [4.69, 9.17) is 37.9 Å². The predicted molar refractivity (Wildman–Crippen MR) is 269 cm³/mol. The normalized spacial score (nSPS) is 11.4. The van der Waals surface area contributed by atoms with Crippen LogP contribution in [0.25, 0.3) is 0 Å². The average Bonchev–Trinajstić information content (AvgIpc) is 3.31. The Balaban J connectivity index is 0. The minimum absolute atomic E-state index is 0. The number of ether oxygens (including phenoxy) is 8. The molecule has 0 aromatic heterocycles. The summed E-state index contributed by atoms with van der Waals surface area (Å²) in [5, 5.41) is 12.5. The van der Waals surface area contributed by atoms with Crippen molar-refractivity contribution in [3.05, 3.63) is 0 Å². The van der Waals surface area contributed by atoms with Gasteiger partial charge < -0.3 is 93.8 Å². The van der Waals surface area contributed by atoms with E-state index >= 15 is 0 Å². The molecule has 0 aliphatic carbocycles. The van der Waals surface area contributed by atoms with Crippen LogP contribution in [0.3, 0.4) is 0 Å². The quantitative estimate of drug-likeness (QED) is 0.0240. The van der Waals surface area contributed by atoms with Crippen LogP contribution in [0.5, 0.6) is 0 Å². The maximum Gasteiger partial charge on any atom is 0.407 e. The molecule has 0 saturated carbocycles. The van der Waals surface area contributed by atoms with E-state index in [0.29, 0.717) is 72.6 Å². The Hall–Kier alpha value is -6.94. The Kier molecular flexibility index (Phi) is 37.8. The molecule has 29 heteroatoms. The van der Waals surface area contributed by atoms with Gasteiger partial charge in [-0.1, -0.05) is 0 Å². The van der Waals surface area contributed by atoms with E-state index < -0.39 is 97.0 Å². The van der Waals surface area contributed by atoms with E-state index in [9.17, 15) is 47.9 Å². The van der Waals surface area contributed by atoms with Gasteiger partial charge in [0.05, 0.1) is 119 Å². The van der Waals surface area contributed by atoms with Crippen molar-refractivity contribution in [2.75, 3.05) is 173 Å². The van der Waals surface area contributed by atoms with Gasteiger partial charge in [-0.3, -0.25) is 33.6 Å². The summed E-state index contributed by atoms with van der Waals surface area (Å²) in [6.07, 6.45) is 0.385. The van der Waals surface area contributed by atoms with Gasteiger partial charge in [0.25, 0.3) is 0 Å². The first-order valence-corrected chi connectivity index (χ1v) is 24.5. The minimum atomic E-state index is -1.21. The number of likely N-dealkylation sites (N-methyl/N-ethyl adjacent to an activating group) is 5. The van der Waals surface area contributed by atoms with E-state index in [1.165, 1.54) is 41.6 Å². The van der Waals surface area contributed by atoms with Crippen LogP contribution in [-0.4, -0.2) is 275 Å². The molecule has 5 N–H and O–H groups in total. The molecule has 0 spiro atoms. The van der Waals surface area contributed by atoms with E-state index in [2.05, 4.69) is 26.6 Å². The average molecular weight is 1340 g/mol. The van der Waals surface area contributed by atoms with Crippen molar-refractivity contribution in [2.24, 2.45) is 0 Å². The summed E-state index contributed by atoms with van der Waals surface area (Å²) in [6.45, 7) is 12.8. The molecule has 0 aliphatic heterocycles. The first-order chi connectivity index (χ1) is 35.3. The molecule has 0 rings (SSSR count). The minimum Gasteiger partial charge on any atom is -0.522 e. The fourth-order valence-electron chi connectivity index (χ4n) is 5.71. The van der Waals surface area contributed by atoms with E-state index in [-0.39, 0.29) is 52.2 Å². The van der Waals surface area contributed by atoms with Crippen molar-refractivity contribution in [2.45, 2.75) is 71.6 Å². The Bertz CT molecular complexity index is 1760. The molecule has 1 atom stereocenters. The third kappa shape index (κ3) is 38.6. The van der Waals surface area contributed by atoms with Gasteiger partial charge in [-0.2, -0.15) is 6.41 Å². The fourth-order valence-corrected chi connectivity index (χ4v) is 5.71. The van der Waals surface area contributed by atoms with Gasteiger partial charge in [0.2, 0.25) is 41.4 Å². The van der Waals surface area contributed by atoms with Gasteiger partial charge in [0.1, 0.15) is 17.2 Å². The van der Waals surface area contributed by atoms with Crippen LogP contribution in [0, 0.1) is 0 Å². The van der Waals surface area contributed by atoms with Crippen molar-refractivity contribution in [1.29, 1.82) is 0 Å². The van der Waals surface area contributed by atoms with E-state index in [0.717, 1.165) is 24.5 Å². The zero-order valence-corrected chi connectivity index (χ0v) is 48.6. The summed E-state index contributed by atoms with van der Waals surface area (Å²) in [4.78, 5) is 130. The topological polar surface area (TPSA) is 321 Å². The molecule has 28 nitrogen and oxygen atoms in total. The number of hydrogen-bond acceptors (Lipinski definition) is 18. The van der Waals surface area contributed by atoms with Crippen LogP contribution in [0.4, 0.5) is 9.59 Å². The van der Waals surface area contributed by atoms with Gasteiger partial charge in [-0.05, 0) is 54.4 Å². The molecule has 0 radical (unpaired) electrons. The number of amides is 10. The second-order valence-electron chi connectivity index (χ2n) is 18.8. The van der Waals surface area contributed by atoms with Crippen molar-refractivity contribution in [1.82, 2.24) is 51.1 Å². The molecule has 0 fully saturated rings. The molecular formula is C47H85FmN10O18-. The Labute approximate surface area is 441 Å². The van der Waals surface area contributed by atoms with Gasteiger partial charge >= 0.3 is 12.2 Å². The SMILES string of the molecule is CN(CC(=O)NCCOCCOCCOCCOCCOCCOCCNC(=O)OC(C)(C)C)C(=O)CN(C)C(=O)CN(C)C(=O)C(CCCNC(=O)OC(C)(C)C)NC(=O)CN(C)C(=O)CN(C)C(=O)CN[C-]=O.[Fm]. The first-order valence-electron chi connectivity index (χ1n) is 24.5. The summed E-state index contributed by atoms with van der Waals surface area (Å²) in [5.41, 5.74) is -1.30. The number of alkyl carbamates (subject to hydrolysis) is 2. The Morgan fingerprint density at radius 3 is 1.20 bits per heavy atom. The number of carbonyl (C=O) groups excluding carboxylic acids is 10. The van der Waals surface area contributed by atoms with Crippen molar-refractivity contribution in [3.63, 3.8) is 0 Å². The van der Waals surface area contributed by atoms with Crippen molar-refractivity contribution >= 4 is 59.9 Å². The van der Waals surface area contributed by atoms with Crippen molar-refractivity contribution in [3.8, 4) is 0 Å². The molecule has 0 aliphatic rings. The maximum atomic E-state index is 13.7. The first kappa shape index (κ1) is 71.1. The molecule has 0 aromatic carbocycles. The van der Waals surface area contributed by atoms with E-state index in [1.54, 1.807) is 41.5 Å². The van der Waals surface area contributed by atoms with Crippen LogP contribution in [0.1, 0.15) is 54.4 Å². The molecule has 444 valence electrons. The maximum absolute atomic E-state index is 13.7. The van der Waals surface area contributed by atoms with Gasteiger partial charge in [-0.25, -0.2) is 9.59 Å². The molecule has 0 bridgehead atoms. The van der Waals surface area contributed by atoms with Crippen LogP contribution < -0.4 is 26.6 Å². The molecule has 0 heterocycles. The summed E-state index contributed by atoms with van der Waals surface area (Å²) < 4.78 is 43.1.